The number of fused-ring (bicyclic) bond motifs is 2. The van der Waals surface area contributed by atoms with Crippen LogP contribution in [0, 0.1) is 5.92 Å². The van der Waals surface area contributed by atoms with Crippen LogP contribution in [0.1, 0.15) is 75.2 Å². The lowest BCUT2D eigenvalue weighted by molar-refractivity contribution is -0.143. The number of nitrogens with zero attached hydrogens (tertiary/aromatic N) is 4. The van der Waals surface area contributed by atoms with Crippen molar-refractivity contribution in [1.29, 1.82) is 0 Å². The normalized spacial score (nSPS) is 24.7. The summed E-state index contributed by atoms with van der Waals surface area (Å²) < 4.78 is 1.60. The van der Waals surface area contributed by atoms with Crippen LogP contribution in [0.3, 0.4) is 0 Å². The molecule has 2 saturated heterocycles. The van der Waals surface area contributed by atoms with Gasteiger partial charge in [-0.25, -0.2) is 4.68 Å². The molecule has 8 atom stereocenters. The maximum atomic E-state index is 15.0. The first-order valence-electron chi connectivity index (χ1n) is 22.2. The number of nitrogens with two attached hydrogens (primary N) is 3. The van der Waals surface area contributed by atoms with Gasteiger partial charge in [-0.1, -0.05) is 74.0 Å². The van der Waals surface area contributed by atoms with Gasteiger partial charge in [0.1, 0.15) is 30.2 Å². The zero-order valence-corrected chi connectivity index (χ0v) is 37.0. The van der Waals surface area contributed by atoms with Gasteiger partial charge in [-0.05, 0) is 48.8 Å². The van der Waals surface area contributed by atoms with Crippen LogP contribution in [0.4, 0.5) is 0 Å². The number of hydrogen-bond donors (Lipinski definition) is 9. The third-order valence-corrected chi connectivity index (χ3v) is 12.3. The molecule has 0 unspecified atom stereocenters. The van der Waals surface area contributed by atoms with Crippen LogP contribution in [0.25, 0.3) is 10.9 Å². The molecule has 2 aromatic heterocycles. The van der Waals surface area contributed by atoms with Gasteiger partial charge in [0.2, 0.25) is 47.3 Å². The van der Waals surface area contributed by atoms with Crippen LogP contribution in [0.5, 0.6) is 0 Å². The average Bonchev–Trinajstić information content (AvgIpc) is 4.06. The molecule has 2 aromatic carbocycles. The Kier molecular flexibility index (Phi) is 16.2. The summed E-state index contributed by atoms with van der Waals surface area (Å²) in [6, 6.07) is 8.66. The minimum Gasteiger partial charge on any atom is -0.370 e. The molecule has 352 valence electrons. The van der Waals surface area contributed by atoms with Gasteiger partial charge in [0.25, 0.3) is 0 Å². The van der Waals surface area contributed by atoms with Crippen molar-refractivity contribution in [2.24, 2.45) is 23.1 Å². The van der Waals surface area contributed by atoms with Crippen LogP contribution >= 0.6 is 0 Å². The van der Waals surface area contributed by atoms with E-state index in [1.54, 1.807) is 30.9 Å². The quantitative estimate of drug-likeness (QED) is 0.0870. The summed E-state index contributed by atoms with van der Waals surface area (Å²) in [6.07, 6.45) is 4.14. The van der Waals surface area contributed by atoms with Crippen LogP contribution in [-0.4, -0.2) is 121 Å². The third-order valence-electron chi connectivity index (χ3n) is 12.3. The average molecular weight is 910 g/mol. The number of aromatic amines is 1. The zero-order valence-electron chi connectivity index (χ0n) is 37.0. The standard InChI is InChI=1S/C45H59N13O8/c1-3-25(2)39-45(66)57-24-29(58-23-28(55-56-58)16-15-26-10-5-4-6-11-26)19-36(57)44(65)53-34(18-27-22-50-32-13-8-7-12-30(27)32)42(63)51-33(40(48)61)14-9-17-49-38(60)20-31(46)41(62)52-35(21-37(47)59)43(64)54-39/h4-8,10-13,22-23,25,29,31,33-36,39,50H,3,9,14-21,24,46H2,1-2H3,(H2,47,59)(H2,48,61)(H,49,60)(H,51,63)(H,52,62)(H,53,65)(H,54,64)/t25-,29-,31-,33+,34-,35-,36-,39-/m0/s1. The van der Waals surface area contributed by atoms with E-state index in [9.17, 15) is 38.4 Å². The van der Waals surface area contributed by atoms with Crippen molar-refractivity contribution in [2.75, 3.05) is 13.1 Å². The number of nitrogens with one attached hydrogen (secondary N) is 6. The predicted octanol–water partition coefficient (Wildman–Crippen LogP) is -1.10. The minimum absolute atomic E-state index is 0.000379. The number of H-pyrrole nitrogens is 1. The minimum atomic E-state index is -1.58. The van der Waals surface area contributed by atoms with Gasteiger partial charge in [-0.15, -0.1) is 5.10 Å². The second-order valence-corrected chi connectivity index (χ2v) is 17.1. The Labute approximate surface area is 381 Å². The highest BCUT2D eigenvalue weighted by atomic mass is 16.2. The van der Waals surface area contributed by atoms with E-state index in [4.69, 9.17) is 17.2 Å². The number of carbonyl (C=O) groups excluding carboxylic acids is 8. The zero-order chi connectivity index (χ0) is 47.5. The first-order chi connectivity index (χ1) is 31.6. The SMILES string of the molecule is CC[C@H](C)[C@@H]1NC(=O)[C@H](CC(N)=O)NC(=O)[C@@H](N)CC(=O)NCCC[C@H](C(N)=O)NC(=O)[C@H](Cc2c[nH]c3ccccc23)NC(=O)[C@@H]2C[C@H](n3cc(CCc4ccccc4)nn3)CN2C1=O. The fourth-order valence-electron chi connectivity index (χ4n) is 8.28. The molecule has 0 saturated carbocycles. The van der Waals surface area contributed by atoms with Gasteiger partial charge in [0, 0.05) is 49.2 Å². The molecule has 21 heteroatoms. The van der Waals surface area contributed by atoms with Crippen molar-refractivity contribution >= 4 is 58.2 Å². The second kappa shape index (κ2) is 22.2. The van der Waals surface area contributed by atoms with Crippen LogP contribution in [-0.2, 0) is 57.6 Å². The molecule has 2 fully saturated rings. The van der Waals surface area contributed by atoms with Gasteiger partial charge < -0.3 is 53.7 Å². The van der Waals surface area contributed by atoms with Crippen LogP contribution in [0.15, 0.2) is 67.0 Å². The van der Waals surface area contributed by atoms with E-state index in [2.05, 4.69) is 41.9 Å². The third kappa shape index (κ3) is 12.3. The number of hydrogen-bond acceptors (Lipinski definition) is 11. The molecule has 4 heterocycles. The van der Waals surface area contributed by atoms with Crippen LogP contribution in [0.2, 0.25) is 0 Å². The Hall–Kier alpha value is -7.16. The van der Waals surface area contributed by atoms with Gasteiger partial charge in [-0.2, -0.15) is 0 Å². The summed E-state index contributed by atoms with van der Waals surface area (Å²) in [5.41, 5.74) is 20.6. The Balaban J connectivity index is 1.37. The highest BCUT2D eigenvalue weighted by Crippen LogP contribution is 2.30. The summed E-state index contributed by atoms with van der Waals surface area (Å²) in [4.78, 5) is 113. The summed E-state index contributed by atoms with van der Waals surface area (Å²) in [7, 11) is 0. The van der Waals surface area contributed by atoms with E-state index in [1.165, 1.54) is 4.90 Å². The van der Waals surface area contributed by atoms with Gasteiger partial charge >= 0.3 is 0 Å². The largest absolute Gasteiger partial charge is 0.370 e. The lowest BCUT2D eigenvalue weighted by atomic mass is 9.96. The van der Waals surface area contributed by atoms with Crippen molar-refractivity contribution in [3.05, 3.63) is 83.8 Å². The molecular formula is C45H59N13O8. The number of para-hydroxylation sites is 1. The summed E-state index contributed by atoms with van der Waals surface area (Å²) >= 11 is 0. The Morgan fingerprint density at radius 2 is 1.58 bits per heavy atom. The molecule has 0 bridgehead atoms. The summed E-state index contributed by atoms with van der Waals surface area (Å²) in [6.45, 7) is 3.48. The highest BCUT2D eigenvalue weighted by molar-refractivity contribution is 5.99. The number of carbonyl (C=O) groups is 8. The maximum absolute atomic E-state index is 15.0. The van der Waals surface area contributed by atoms with E-state index in [0.29, 0.717) is 30.5 Å². The molecule has 66 heavy (non-hydrogen) atoms. The van der Waals surface area contributed by atoms with E-state index in [1.807, 2.05) is 54.6 Å². The van der Waals surface area contributed by atoms with Gasteiger partial charge in [0.15, 0.2) is 0 Å². The molecule has 2 aliphatic heterocycles. The molecule has 6 rings (SSSR count). The first-order valence-corrected chi connectivity index (χ1v) is 22.2. The van der Waals surface area contributed by atoms with Crippen LogP contribution < -0.4 is 43.8 Å². The van der Waals surface area contributed by atoms with Gasteiger partial charge in [0.05, 0.1) is 30.6 Å². The summed E-state index contributed by atoms with van der Waals surface area (Å²) in [5.74, 6) is -6.91. The molecule has 0 radical (unpaired) electrons. The molecular weight excluding hydrogens is 851 g/mol. The number of rotatable bonds is 11. The lowest BCUT2D eigenvalue weighted by Gasteiger charge is -2.33. The summed E-state index contributed by atoms with van der Waals surface area (Å²) in [5, 5.41) is 22.8. The molecule has 0 spiro atoms. The molecule has 4 aromatic rings. The topological polar surface area (TPSA) is 325 Å². The molecule has 12 N–H and O–H groups in total. The highest BCUT2D eigenvalue weighted by Gasteiger charge is 2.45. The maximum Gasteiger partial charge on any atom is 0.246 e. The second-order valence-electron chi connectivity index (χ2n) is 17.1. The monoisotopic (exact) mass is 909 g/mol. The first kappa shape index (κ1) is 48.3. The fraction of sp³-hybridized carbons (Fsp3) is 0.467. The molecule has 0 aliphatic carbocycles. The number of primary amides is 2. The number of aromatic nitrogens is 4. The van der Waals surface area contributed by atoms with Crippen molar-refractivity contribution < 1.29 is 38.4 Å². The number of amides is 8. The number of aryl methyl sites for hydroxylation is 2. The van der Waals surface area contributed by atoms with E-state index < -0.39 is 108 Å². The lowest BCUT2D eigenvalue weighted by Crippen LogP contribution is -2.61. The number of benzene rings is 2. The smallest absolute Gasteiger partial charge is 0.246 e. The predicted molar refractivity (Wildman–Crippen MR) is 240 cm³/mol. The van der Waals surface area contributed by atoms with Crippen molar-refractivity contribution in [3.8, 4) is 0 Å². The van der Waals surface area contributed by atoms with E-state index >= 15 is 0 Å². The van der Waals surface area contributed by atoms with Crippen molar-refractivity contribution in [2.45, 2.75) is 114 Å². The van der Waals surface area contributed by atoms with Crippen molar-refractivity contribution in [1.82, 2.24) is 51.5 Å². The van der Waals surface area contributed by atoms with Crippen molar-refractivity contribution in [3.63, 3.8) is 0 Å². The van der Waals surface area contributed by atoms with E-state index in [-0.39, 0.29) is 38.8 Å². The van der Waals surface area contributed by atoms with Gasteiger partial charge in [-0.3, -0.25) is 38.4 Å². The Morgan fingerprint density at radius 3 is 2.30 bits per heavy atom. The Morgan fingerprint density at radius 1 is 0.864 bits per heavy atom. The molecule has 8 amide bonds. The molecule has 2 aliphatic rings. The van der Waals surface area contributed by atoms with E-state index in [0.717, 1.165) is 16.5 Å². The molecule has 21 nitrogen and oxygen atoms in total. The Bertz CT molecular complexity index is 2400. The fourth-order valence-corrected chi connectivity index (χ4v) is 8.28.